The van der Waals surface area contributed by atoms with E-state index < -0.39 is 41.0 Å². The number of carbonyl (C=O) groups excluding carboxylic acids is 4. The zero-order valence-electron chi connectivity index (χ0n) is 12.1. The van der Waals surface area contributed by atoms with Gasteiger partial charge in [-0.15, -0.1) is 0 Å². The van der Waals surface area contributed by atoms with E-state index in [0.717, 1.165) is 14.0 Å². The Kier molecular flexibility index (Phi) is 4.59. The number of rotatable bonds is 3. The lowest BCUT2D eigenvalue weighted by Crippen LogP contribution is -2.44. The Balaban J connectivity index is 2.92. The molecule has 1 aliphatic heterocycles. The monoisotopic (exact) mass is 297 g/mol. The van der Waals surface area contributed by atoms with Crippen LogP contribution < -0.4 is 0 Å². The van der Waals surface area contributed by atoms with Crippen molar-refractivity contribution in [1.82, 2.24) is 4.90 Å². The second-order valence-electron chi connectivity index (χ2n) is 5.21. The zero-order valence-corrected chi connectivity index (χ0v) is 12.1. The predicted octanol–water partition coefficient (Wildman–Crippen LogP) is -0.843. The van der Waals surface area contributed by atoms with Crippen molar-refractivity contribution in [2.45, 2.75) is 26.9 Å². The van der Waals surface area contributed by atoms with Crippen LogP contribution in [-0.2, 0) is 28.7 Å². The lowest BCUT2D eigenvalue weighted by Gasteiger charge is -2.20. The average Bonchev–Trinajstić information content (AvgIpc) is 2.65. The minimum absolute atomic E-state index is 0.0523. The van der Waals surface area contributed by atoms with Crippen molar-refractivity contribution in [2.24, 2.45) is 5.41 Å². The summed E-state index contributed by atoms with van der Waals surface area (Å²) < 4.78 is 9.65. The number of esters is 2. The first-order chi connectivity index (χ1) is 9.61. The molecule has 0 spiro atoms. The van der Waals surface area contributed by atoms with Crippen LogP contribution >= 0.6 is 0 Å². The summed E-state index contributed by atoms with van der Waals surface area (Å²) in [4.78, 5) is 49.3. The maximum absolute atomic E-state index is 11.9. The van der Waals surface area contributed by atoms with Crippen molar-refractivity contribution in [3.63, 3.8) is 0 Å². The molecule has 1 saturated heterocycles. The number of carbonyl (C=O) groups is 4. The summed E-state index contributed by atoms with van der Waals surface area (Å²) in [6, 6.07) is 0. The van der Waals surface area contributed by atoms with Gasteiger partial charge in [-0.3, -0.25) is 14.5 Å². The molecule has 0 N–H and O–H groups in total. The van der Waals surface area contributed by atoms with E-state index in [4.69, 9.17) is 15.0 Å². The lowest BCUT2D eigenvalue weighted by atomic mass is 9.90. The van der Waals surface area contributed by atoms with E-state index in [2.05, 4.69) is 4.79 Å². The summed E-state index contributed by atoms with van der Waals surface area (Å²) in [6.45, 7) is 4.41. The first-order valence-electron chi connectivity index (χ1n) is 6.00. The highest BCUT2D eigenvalue weighted by atomic mass is 16.6. The van der Waals surface area contributed by atoms with Crippen LogP contribution in [0.15, 0.2) is 0 Å². The van der Waals surface area contributed by atoms with Gasteiger partial charge in [0, 0.05) is 19.4 Å². The van der Waals surface area contributed by atoms with Crippen LogP contribution in [0.3, 0.4) is 0 Å². The number of cyclic esters (lactones) is 1. The molecule has 0 saturated carbocycles. The number of ether oxygens (including phenoxy) is 2. The highest BCUT2D eigenvalue weighted by Gasteiger charge is 2.49. The molecular weight excluding hydrogens is 282 g/mol. The average molecular weight is 297 g/mol. The van der Waals surface area contributed by atoms with E-state index in [0.29, 0.717) is 4.90 Å². The summed E-state index contributed by atoms with van der Waals surface area (Å²) in [7, 11) is 1.11. The van der Waals surface area contributed by atoms with Gasteiger partial charge in [-0.2, -0.15) is 4.79 Å². The third kappa shape index (κ3) is 3.32. The van der Waals surface area contributed by atoms with Gasteiger partial charge in [-0.05, 0) is 0 Å². The van der Waals surface area contributed by atoms with Gasteiger partial charge in [0.2, 0.25) is 12.0 Å². The molecule has 1 fully saturated rings. The van der Waals surface area contributed by atoms with Crippen LogP contribution in [0, 0.1) is 5.41 Å². The molecule has 2 amide bonds. The van der Waals surface area contributed by atoms with Gasteiger partial charge in [-0.25, -0.2) is 9.59 Å². The fourth-order valence-electron chi connectivity index (χ4n) is 1.57. The quantitative estimate of drug-likeness (QED) is 0.220. The number of amides is 2. The Bertz CT molecular complexity index is 561. The summed E-state index contributed by atoms with van der Waals surface area (Å²) in [6.07, 6.45) is -1.22. The van der Waals surface area contributed by atoms with Crippen LogP contribution in [0.1, 0.15) is 20.8 Å². The molecule has 0 bridgehead atoms. The maximum Gasteiger partial charge on any atom is 0.463 e. The summed E-state index contributed by atoms with van der Waals surface area (Å²) in [5.41, 5.74) is 7.01. The third-order valence-electron chi connectivity index (χ3n) is 3.01. The Morgan fingerprint density at radius 3 is 2.38 bits per heavy atom. The standard InChI is InChI=1S/C12H15N3O6/c1-6(16)15(4)9(17)7(14-13)10(18)21-8-11(19)20-5-12(8,2)3/h8H,5H2,1-4H3/t8-/m0/s1. The third-order valence-corrected chi connectivity index (χ3v) is 3.01. The number of imide groups is 1. The van der Waals surface area contributed by atoms with Crippen molar-refractivity contribution in [2.75, 3.05) is 13.7 Å². The molecule has 0 radical (unpaired) electrons. The minimum atomic E-state index is -1.31. The van der Waals surface area contributed by atoms with Gasteiger partial charge in [-0.1, -0.05) is 13.8 Å². The summed E-state index contributed by atoms with van der Waals surface area (Å²) in [5, 5.41) is 0. The zero-order chi connectivity index (χ0) is 16.4. The van der Waals surface area contributed by atoms with Crippen molar-refractivity contribution < 1.29 is 33.4 Å². The van der Waals surface area contributed by atoms with Crippen molar-refractivity contribution >= 4 is 29.5 Å². The van der Waals surface area contributed by atoms with E-state index in [-0.39, 0.29) is 6.61 Å². The van der Waals surface area contributed by atoms with E-state index in [1.165, 1.54) is 0 Å². The maximum atomic E-state index is 11.9. The molecule has 1 rings (SSSR count). The van der Waals surface area contributed by atoms with Crippen LogP contribution in [-0.4, -0.2) is 58.9 Å². The van der Waals surface area contributed by atoms with E-state index >= 15 is 0 Å². The van der Waals surface area contributed by atoms with Gasteiger partial charge >= 0.3 is 23.6 Å². The molecule has 0 aromatic heterocycles. The van der Waals surface area contributed by atoms with Crippen molar-refractivity contribution in [1.29, 1.82) is 0 Å². The first kappa shape index (κ1) is 16.5. The summed E-state index contributed by atoms with van der Waals surface area (Å²) >= 11 is 0. The molecule has 21 heavy (non-hydrogen) atoms. The van der Waals surface area contributed by atoms with Gasteiger partial charge in [0.05, 0.1) is 0 Å². The molecule has 1 aliphatic rings. The lowest BCUT2D eigenvalue weighted by molar-refractivity contribution is -0.161. The first-order valence-corrected chi connectivity index (χ1v) is 6.00. The molecule has 9 nitrogen and oxygen atoms in total. The van der Waals surface area contributed by atoms with Gasteiger partial charge < -0.3 is 15.0 Å². The normalized spacial score (nSPS) is 19.2. The molecule has 1 heterocycles. The van der Waals surface area contributed by atoms with Crippen LogP contribution in [0.25, 0.3) is 5.53 Å². The highest BCUT2D eigenvalue weighted by molar-refractivity contribution is 6.62. The molecule has 0 aliphatic carbocycles. The van der Waals surface area contributed by atoms with E-state index in [1.807, 2.05) is 0 Å². The molecule has 0 aromatic carbocycles. The Hall–Kier alpha value is -2.54. The second kappa shape index (κ2) is 5.84. The Morgan fingerprint density at radius 1 is 1.43 bits per heavy atom. The fourth-order valence-corrected chi connectivity index (χ4v) is 1.57. The predicted molar refractivity (Wildman–Crippen MR) is 66.7 cm³/mol. The molecule has 9 heteroatoms. The highest BCUT2D eigenvalue weighted by Crippen LogP contribution is 2.31. The smallest absolute Gasteiger partial charge is 0.462 e. The fraction of sp³-hybridized carbons (Fsp3) is 0.583. The summed E-state index contributed by atoms with van der Waals surface area (Å²) in [5.74, 6) is -3.86. The van der Waals surface area contributed by atoms with Gasteiger partial charge in [0.25, 0.3) is 0 Å². The van der Waals surface area contributed by atoms with E-state index in [1.54, 1.807) is 13.8 Å². The van der Waals surface area contributed by atoms with Gasteiger partial charge in [0.1, 0.15) is 6.61 Å². The van der Waals surface area contributed by atoms with Crippen LogP contribution in [0.5, 0.6) is 0 Å². The number of hydrogen-bond donors (Lipinski definition) is 0. The SMILES string of the molecule is CC(=O)N(C)C(=O)C(=[N+]=[N-])C(=O)O[C@H]1C(=O)OCC1(C)C. The molecule has 1 atom stereocenters. The number of nitrogens with zero attached hydrogens (tertiary/aromatic N) is 3. The van der Waals surface area contributed by atoms with E-state index in [9.17, 15) is 19.2 Å². The molecule has 114 valence electrons. The molecule has 0 unspecified atom stereocenters. The second-order valence-corrected chi connectivity index (χ2v) is 5.21. The van der Waals surface area contributed by atoms with Crippen LogP contribution in [0.2, 0.25) is 0 Å². The van der Waals surface area contributed by atoms with Crippen molar-refractivity contribution in [3.8, 4) is 0 Å². The van der Waals surface area contributed by atoms with Crippen LogP contribution in [0.4, 0.5) is 0 Å². The molecular formula is C12H15N3O6. The Labute approximate surface area is 120 Å². The topological polar surface area (TPSA) is 126 Å². The number of hydrogen-bond acceptors (Lipinski definition) is 6. The molecule has 0 aromatic rings. The van der Waals surface area contributed by atoms with Crippen molar-refractivity contribution in [3.05, 3.63) is 5.53 Å². The van der Waals surface area contributed by atoms with Gasteiger partial charge in [0.15, 0.2) is 0 Å². The minimum Gasteiger partial charge on any atom is -0.462 e. The Morgan fingerprint density at radius 2 is 2.00 bits per heavy atom. The largest absolute Gasteiger partial charge is 0.463 e.